The van der Waals surface area contributed by atoms with Crippen LogP contribution in [0.3, 0.4) is 0 Å². The standard InChI is InChI=1S/C17H29N5O/c1-4-22(10-9-21(2)3)16(23)14-11-13-15(19-12-18-13)17(20-14)7-5-6-8-17/h12,14,20H,4-11H2,1-3H3,(H,18,19)/t14-/m0/s1. The number of hydrogen-bond acceptors (Lipinski definition) is 4. The fourth-order valence-corrected chi connectivity index (χ4v) is 4.02. The lowest BCUT2D eigenvalue weighted by molar-refractivity contribution is -0.134. The van der Waals surface area contributed by atoms with Crippen LogP contribution in [-0.4, -0.2) is 65.4 Å². The van der Waals surface area contributed by atoms with E-state index in [1.54, 1.807) is 6.33 Å². The highest BCUT2D eigenvalue weighted by Gasteiger charge is 2.46. The summed E-state index contributed by atoms with van der Waals surface area (Å²) in [6.45, 7) is 4.49. The summed E-state index contributed by atoms with van der Waals surface area (Å²) in [5, 5.41) is 3.69. The zero-order chi connectivity index (χ0) is 16.4. The molecule has 1 atom stereocenters. The number of likely N-dealkylation sites (N-methyl/N-ethyl adjacent to an activating group) is 2. The second kappa shape index (κ2) is 6.61. The van der Waals surface area contributed by atoms with Crippen LogP contribution in [0.1, 0.15) is 44.0 Å². The SMILES string of the molecule is CCN(CCN(C)C)C(=O)[C@@H]1Cc2[nH]cnc2C2(CCCC2)N1. The third-order valence-electron chi connectivity index (χ3n) is 5.30. The van der Waals surface area contributed by atoms with E-state index in [-0.39, 0.29) is 17.5 Å². The van der Waals surface area contributed by atoms with E-state index in [1.165, 1.54) is 12.8 Å². The lowest BCUT2D eigenvalue weighted by Crippen LogP contribution is -2.58. The Morgan fingerprint density at radius 3 is 2.74 bits per heavy atom. The summed E-state index contributed by atoms with van der Waals surface area (Å²) < 4.78 is 0. The number of nitrogens with zero attached hydrogens (tertiary/aromatic N) is 3. The van der Waals surface area contributed by atoms with Gasteiger partial charge in [-0.1, -0.05) is 12.8 Å². The molecule has 0 bridgehead atoms. The number of H-pyrrole nitrogens is 1. The minimum absolute atomic E-state index is 0.0884. The van der Waals surface area contributed by atoms with Crippen molar-refractivity contribution in [1.82, 2.24) is 25.1 Å². The second-order valence-electron chi connectivity index (χ2n) is 7.14. The molecule has 2 heterocycles. The van der Waals surface area contributed by atoms with E-state index < -0.39 is 0 Å². The summed E-state index contributed by atoms with van der Waals surface area (Å²) >= 11 is 0. The molecular formula is C17H29N5O. The first-order chi connectivity index (χ1) is 11.1. The number of carbonyl (C=O) groups excluding carboxylic acids is 1. The summed E-state index contributed by atoms with van der Waals surface area (Å²) in [5.41, 5.74) is 2.21. The molecule has 1 fully saturated rings. The molecule has 6 nitrogen and oxygen atoms in total. The van der Waals surface area contributed by atoms with Crippen molar-refractivity contribution < 1.29 is 4.79 Å². The zero-order valence-corrected chi connectivity index (χ0v) is 14.6. The maximum Gasteiger partial charge on any atom is 0.240 e. The first-order valence-electron chi connectivity index (χ1n) is 8.79. The molecule has 3 rings (SSSR count). The van der Waals surface area contributed by atoms with Crippen LogP contribution in [0, 0.1) is 0 Å². The predicted octanol–water partition coefficient (Wildman–Crippen LogP) is 1.10. The normalized spacial score (nSPS) is 22.5. The van der Waals surface area contributed by atoms with Gasteiger partial charge in [0.15, 0.2) is 0 Å². The van der Waals surface area contributed by atoms with Gasteiger partial charge in [0.25, 0.3) is 0 Å². The van der Waals surface area contributed by atoms with Crippen molar-refractivity contribution in [2.24, 2.45) is 0 Å². The van der Waals surface area contributed by atoms with Gasteiger partial charge in [-0.05, 0) is 33.9 Å². The van der Waals surface area contributed by atoms with Crippen molar-refractivity contribution >= 4 is 5.91 Å². The maximum absolute atomic E-state index is 13.0. The Bertz CT molecular complexity index is 547. The average molecular weight is 319 g/mol. The van der Waals surface area contributed by atoms with E-state index in [9.17, 15) is 4.79 Å². The molecule has 0 radical (unpaired) electrons. The molecule has 1 aromatic heterocycles. The number of carbonyl (C=O) groups is 1. The molecule has 0 unspecified atom stereocenters. The van der Waals surface area contributed by atoms with Gasteiger partial charge >= 0.3 is 0 Å². The van der Waals surface area contributed by atoms with Crippen LogP contribution in [0.5, 0.6) is 0 Å². The summed E-state index contributed by atoms with van der Waals surface area (Å²) in [5.74, 6) is 0.223. The Labute approximate surface area is 138 Å². The molecule has 1 amide bonds. The highest BCUT2D eigenvalue weighted by Crippen LogP contribution is 2.42. The van der Waals surface area contributed by atoms with E-state index >= 15 is 0 Å². The fourth-order valence-electron chi connectivity index (χ4n) is 4.02. The molecule has 0 aromatic carbocycles. The summed E-state index contributed by atoms with van der Waals surface area (Å²) in [6.07, 6.45) is 7.07. The smallest absolute Gasteiger partial charge is 0.240 e. The van der Waals surface area contributed by atoms with Crippen LogP contribution in [0.25, 0.3) is 0 Å². The van der Waals surface area contributed by atoms with Crippen LogP contribution in [-0.2, 0) is 16.8 Å². The predicted molar refractivity (Wildman–Crippen MR) is 90.2 cm³/mol. The fraction of sp³-hybridized carbons (Fsp3) is 0.765. The summed E-state index contributed by atoms with van der Waals surface area (Å²) in [4.78, 5) is 25.0. The van der Waals surface area contributed by atoms with Crippen molar-refractivity contribution in [2.45, 2.75) is 50.6 Å². The van der Waals surface area contributed by atoms with Crippen molar-refractivity contribution in [3.8, 4) is 0 Å². The Hall–Kier alpha value is -1.40. The van der Waals surface area contributed by atoms with Gasteiger partial charge in [-0.3, -0.25) is 10.1 Å². The van der Waals surface area contributed by atoms with Gasteiger partial charge in [0.2, 0.25) is 5.91 Å². The number of amides is 1. The van der Waals surface area contributed by atoms with E-state index in [0.29, 0.717) is 6.42 Å². The van der Waals surface area contributed by atoms with Gasteiger partial charge in [0.1, 0.15) is 0 Å². The summed E-state index contributed by atoms with van der Waals surface area (Å²) in [7, 11) is 4.09. The van der Waals surface area contributed by atoms with Crippen LogP contribution < -0.4 is 5.32 Å². The quantitative estimate of drug-likeness (QED) is 0.853. The van der Waals surface area contributed by atoms with Gasteiger partial charge in [-0.25, -0.2) is 4.98 Å². The first kappa shape index (κ1) is 16.5. The molecule has 0 saturated heterocycles. The number of aromatic amines is 1. The maximum atomic E-state index is 13.0. The largest absolute Gasteiger partial charge is 0.348 e. The number of imidazole rings is 1. The molecule has 2 N–H and O–H groups in total. The number of aromatic nitrogens is 2. The third kappa shape index (κ3) is 3.15. The molecule has 128 valence electrons. The number of rotatable bonds is 5. The molecule has 2 aliphatic rings. The molecule has 1 aliphatic heterocycles. The molecule has 23 heavy (non-hydrogen) atoms. The molecular weight excluding hydrogens is 290 g/mol. The van der Waals surface area contributed by atoms with E-state index in [2.05, 4.69) is 27.1 Å². The molecule has 1 aromatic rings. The zero-order valence-electron chi connectivity index (χ0n) is 14.6. The number of nitrogens with one attached hydrogen (secondary N) is 2. The molecule has 1 aliphatic carbocycles. The topological polar surface area (TPSA) is 64.3 Å². The van der Waals surface area contributed by atoms with Gasteiger partial charge < -0.3 is 14.8 Å². The van der Waals surface area contributed by atoms with Crippen LogP contribution in [0.2, 0.25) is 0 Å². The van der Waals surface area contributed by atoms with Crippen molar-refractivity contribution in [3.05, 3.63) is 17.7 Å². The van der Waals surface area contributed by atoms with Crippen molar-refractivity contribution in [2.75, 3.05) is 33.7 Å². The average Bonchev–Trinajstić information content (AvgIpc) is 3.17. The molecule has 1 spiro atoms. The second-order valence-corrected chi connectivity index (χ2v) is 7.14. The third-order valence-corrected chi connectivity index (χ3v) is 5.30. The van der Waals surface area contributed by atoms with Crippen LogP contribution in [0.15, 0.2) is 6.33 Å². The van der Waals surface area contributed by atoms with Gasteiger partial charge in [-0.15, -0.1) is 0 Å². The van der Waals surface area contributed by atoms with E-state index in [0.717, 1.165) is 43.9 Å². The van der Waals surface area contributed by atoms with Crippen LogP contribution >= 0.6 is 0 Å². The Balaban J connectivity index is 1.77. The Kier molecular flexibility index (Phi) is 4.73. The van der Waals surface area contributed by atoms with E-state index in [1.807, 2.05) is 19.0 Å². The first-order valence-corrected chi connectivity index (χ1v) is 8.79. The van der Waals surface area contributed by atoms with Crippen molar-refractivity contribution in [1.29, 1.82) is 0 Å². The minimum atomic E-state index is -0.136. The Morgan fingerprint density at radius 2 is 2.09 bits per heavy atom. The molecule has 1 saturated carbocycles. The van der Waals surface area contributed by atoms with Gasteiger partial charge in [0, 0.05) is 31.7 Å². The highest BCUT2D eigenvalue weighted by molar-refractivity contribution is 5.82. The Morgan fingerprint density at radius 1 is 1.35 bits per heavy atom. The number of hydrogen-bond donors (Lipinski definition) is 2. The highest BCUT2D eigenvalue weighted by atomic mass is 16.2. The van der Waals surface area contributed by atoms with E-state index in [4.69, 9.17) is 0 Å². The monoisotopic (exact) mass is 319 g/mol. The van der Waals surface area contributed by atoms with Gasteiger partial charge in [-0.2, -0.15) is 0 Å². The van der Waals surface area contributed by atoms with Gasteiger partial charge in [0.05, 0.1) is 23.6 Å². The molecule has 6 heteroatoms. The van der Waals surface area contributed by atoms with Crippen molar-refractivity contribution in [3.63, 3.8) is 0 Å². The lowest BCUT2D eigenvalue weighted by atomic mass is 9.84. The minimum Gasteiger partial charge on any atom is -0.348 e. The summed E-state index contributed by atoms with van der Waals surface area (Å²) in [6, 6.07) is -0.136. The van der Waals surface area contributed by atoms with Crippen LogP contribution in [0.4, 0.5) is 0 Å². The lowest BCUT2D eigenvalue weighted by Gasteiger charge is -2.40. The number of fused-ring (bicyclic) bond motifs is 2.